The molecule has 0 radical (unpaired) electrons. The molecule has 4 rings (SSSR count). The van der Waals surface area contributed by atoms with E-state index in [9.17, 15) is 36.2 Å². The monoisotopic (exact) mass is 766 g/mol. The second-order valence-corrected chi connectivity index (χ2v) is 14.8. The quantitative estimate of drug-likeness (QED) is 0.0568. The Hall–Kier alpha value is -2.84. The number of aromatic hydroxyl groups is 1. The van der Waals surface area contributed by atoms with Crippen LogP contribution in [-0.2, 0) is 33.1 Å². The van der Waals surface area contributed by atoms with Gasteiger partial charge in [-0.05, 0) is 97.5 Å². The second kappa shape index (κ2) is 22.3. The third-order valence-electron chi connectivity index (χ3n) is 7.83. The molecular weight excluding hydrogens is 721 g/mol. The molecule has 272 valence electrons. The number of unbranched alkanes of at least 4 members (excludes halogenated alkanes) is 8. The Labute approximate surface area is 332 Å². The van der Waals surface area contributed by atoms with Crippen molar-refractivity contribution in [1.82, 2.24) is 0 Å². The van der Waals surface area contributed by atoms with Crippen LogP contribution in [0.1, 0.15) is 89.2 Å². The van der Waals surface area contributed by atoms with Crippen LogP contribution in [0.2, 0.25) is 0 Å². The first kappa shape index (κ1) is 44.3. The van der Waals surface area contributed by atoms with E-state index >= 15 is 0 Å². The van der Waals surface area contributed by atoms with Crippen molar-refractivity contribution < 1.29 is 45.6 Å². The molecule has 4 aromatic carbocycles. The Balaban J connectivity index is 0.000000347. The Morgan fingerprint density at radius 2 is 1.08 bits per heavy atom. The van der Waals surface area contributed by atoms with Crippen LogP contribution in [0.5, 0.6) is 34.5 Å². The number of phenols is 1. The molecule has 0 aliphatic carbocycles. The molecule has 0 atom stereocenters. The number of aryl methyl sites for hydroxylation is 2. The number of benzene rings is 4. The molecule has 2 N–H and O–H groups in total. The Morgan fingerprint density at radius 1 is 0.608 bits per heavy atom. The first-order valence-corrected chi connectivity index (χ1v) is 19.8. The number of hydrogen-bond acceptors (Lipinski definition) is 9. The van der Waals surface area contributed by atoms with Gasteiger partial charge in [0.25, 0.3) is 10.1 Å². The van der Waals surface area contributed by atoms with Crippen LogP contribution in [0.4, 0.5) is 0 Å². The molecule has 4 aromatic rings. The van der Waals surface area contributed by atoms with Gasteiger partial charge < -0.3 is 24.2 Å². The first-order chi connectivity index (χ1) is 23.8. The molecule has 0 saturated heterocycles. The predicted molar refractivity (Wildman–Crippen MR) is 195 cm³/mol. The molecule has 13 heteroatoms. The van der Waals surface area contributed by atoms with Crippen molar-refractivity contribution in [1.29, 1.82) is 0 Å². The molecule has 0 unspecified atom stereocenters. The standard InChI is InChI=1S/2C19H24O5S.Ca/c2*1-2-3-4-5-6-8-15-13-18(25(21,22)23)11-12-19(15)24-17-10-7-9-16(20)14-17;/h2*7,9-14,20H,2-6,8H2,1H3,(H,21,22,23);/q;;+2/p-2. The number of rotatable bonds is 18. The maximum absolute atomic E-state index is 11.4. The van der Waals surface area contributed by atoms with Gasteiger partial charge in [-0.3, -0.25) is 4.55 Å². The van der Waals surface area contributed by atoms with Crippen molar-refractivity contribution in [3.8, 4) is 34.5 Å². The average molecular weight is 767 g/mol. The van der Waals surface area contributed by atoms with Gasteiger partial charge in [0, 0.05) is 6.07 Å². The van der Waals surface area contributed by atoms with Gasteiger partial charge in [-0.1, -0.05) is 83.4 Å². The fourth-order valence-corrected chi connectivity index (χ4v) is 6.25. The van der Waals surface area contributed by atoms with E-state index in [2.05, 4.69) is 13.8 Å². The molecule has 0 fully saturated rings. The van der Waals surface area contributed by atoms with Crippen LogP contribution in [-0.4, -0.2) is 68.8 Å². The summed E-state index contributed by atoms with van der Waals surface area (Å²) in [7, 11) is -8.77. The van der Waals surface area contributed by atoms with E-state index in [1.807, 2.05) is 0 Å². The molecular formula is C38H46CaO10S2. The van der Waals surface area contributed by atoms with E-state index in [4.69, 9.17) is 9.47 Å². The molecule has 0 saturated carbocycles. The first-order valence-electron chi connectivity index (χ1n) is 16.9. The number of phenolic OH excluding ortho intramolecular Hbond substituents is 1. The summed E-state index contributed by atoms with van der Waals surface area (Å²) in [5, 5.41) is 21.0. The third kappa shape index (κ3) is 16.2. The summed E-state index contributed by atoms with van der Waals surface area (Å²) in [5.74, 6) is 1.76. The molecule has 0 aliphatic rings. The zero-order valence-corrected chi connectivity index (χ0v) is 33.1. The Morgan fingerprint density at radius 3 is 1.55 bits per heavy atom. The fourth-order valence-electron chi connectivity index (χ4n) is 5.19. The molecule has 0 heterocycles. The van der Waals surface area contributed by atoms with Gasteiger partial charge in [0.2, 0.25) is 0 Å². The van der Waals surface area contributed by atoms with E-state index in [1.165, 1.54) is 61.0 Å². The maximum atomic E-state index is 11.4. The van der Waals surface area contributed by atoms with E-state index in [-0.39, 0.29) is 59.0 Å². The summed E-state index contributed by atoms with van der Waals surface area (Å²) in [4.78, 5) is -0.402. The minimum atomic E-state index is -4.52. The van der Waals surface area contributed by atoms with Crippen LogP contribution in [0.15, 0.2) is 94.7 Å². The summed E-state index contributed by atoms with van der Waals surface area (Å²) < 4.78 is 77.4. The van der Waals surface area contributed by atoms with Crippen LogP contribution in [0.25, 0.3) is 0 Å². The van der Waals surface area contributed by atoms with Crippen LogP contribution in [0, 0.1) is 0 Å². The summed E-state index contributed by atoms with van der Waals surface area (Å²) in [6, 6.07) is 20.8. The molecule has 10 nitrogen and oxygen atoms in total. The molecule has 51 heavy (non-hydrogen) atoms. The number of hydrogen-bond donors (Lipinski definition) is 2. The molecule has 0 aliphatic heterocycles. The van der Waals surface area contributed by atoms with Gasteiger partial charge >= 0.3 is 37.7 Å². The van der Waals surface area contributed by atoms with Gasteiger partial charge in [-0.15, -0.1) is 5.75 Å². The summed E-state index contributed by atoms with van der Waals surface area (Å²) in [6.45, 7) is 4.29. The molecule has 0 spiro atoms. The van der Waals surface area contributed by atoms with Crippen molar-refractivity contribution in [2.24, 2.45) is 0 Å². The van der Waals surface area contributed by atoms with E-state index < -0.39 is 20.2 Å². The Kier molecular flexibility index (Phi) is 19.4. The average Bonchev–Trinajstić information content (AvgIpc) is 3.05. The summed E-state index contributed by atoms with van der Waals surface area (Å²) in [6.07, 6.45) is 12.0. The van der Waals surface area contributed by atoms with Crippen LogP contribution in [0.3, 0.4) is 0 Å². The minimum absolute atomic E-state index is 0. The number of ether oxygens (including phenoxy) is 2. The summed E-state index contributed by atoms with van der Waals surface area (Å²) in [5.41, 5.74) is 1.37. The largest absolute Gasteiger partial charge is 2.00 e. The summed E-state index contributed by atoms with van der Waals surface area (Å²) >= 11 is 0. The van der Waals surface area contributed by atoms with E-state index in [1.54, 1.807) is 30.3 Å². The van der Waals surface area contributed by atoms with Crippen LogP contribution < -0.4 is 14.6 Å². The molecule has 0 aromatic heterocycles. The van der Waals surface area contributed by atoms with Gasteiger partial charge in [0.15, 0.2) is 0 Å². The van der Waals surface area contributed by atoms with Crippen molar-refractivity contribution in [3.05, 3.63) is 96.1 Å². The van der Waals surface area contributed by atoms with E-state index in [0.717, 1.165) is 63.4 Å². The third-order valence-corrected chi connectivity index (χ3v) is 9.51. The fraction of sp³-hybridized carbons (Fsp3) is 0.368. The van der Waals surface area contributed by atoms with Crippen molar-refractivity contribution >= 4 is 58.0 Å². The minimum Gasteiger partial charge on any atom is -0.872 e. The smallest absolute Gasteiger partial charge is 0.872 e. The topological polar surface area (TPSA) is 173 Å². The van der Waals surface area contributed by atoms with Gasteiger partial charge in [0.1, 0.15) is 38.9 Å². The van der Waals surface area contributed by atoms with Gasteiger partial charge in [0.05, 0.1) is 9.79 Å². The molecule has 0 amide bonds. The normalized spacial score (nSPS) is 11.2. The SMILES string of the molecule is CCCCCCCc1cc(S(=O)(=O)O)ccc1Oc1cccc(O)c1.CCCCCCCc1cc(S(=O)(=O)[O-])ccc1Oc1cccc([O-])c1.[Ca+2]. The Bertz CT molecular complexity index is 1740. The van der Waals surface area contributed by atoms with Gasteiger partial charge in [-0.25, -0.2) is 8.42 Å². The van der Waals surface area contributed by atoms with Crippen LogP contribution >= 0.6 is 0 Å². The zero-order chi connectivity index (χ0) is 36.6. The van der Waals surface area contributed by atoms with Crippen molar-refractivity contribution in [2.45, 2.75) is 101 Å². The molecule has 0 bridgehead atoms. The second-order valence-electron chi connectivity index (χ2n) is 12.0. The maximum Gasteiger partial charge on any atom is 2.00 e. The van der Waals surface area contributed by atoms with Crippen molar-refractivity contribution in [3.63, 3.8) is 0 Å². The zero-order valence-electron chi connectivity index (χ0n) is 29.3. The van der Waals surface area contributed by atoms with Crippen molar-refractivity contribution in [2.75, 3.05) is 0 Å². The van der Waals surface area contributed by atoms with E-state index in [0.29, 0.717) is 41.4 Å². The van der Waals surface area contributed by atoms with Gasteiger partial charge in [-0.2, -0.15) is 8.42 Å². The predicted octanol–water partition coefficient (Wildman–Crippen LogP) is 8.53.